The molecule has 13 nitrogen and oxygen atoms in total. The number of aliphatic carboxylic acids is 2. The summed E-state index contributed by atoms with van der Waals surface area (Å²) in [6.07, 6.45) is -0.133. The van der Waals surface area contributed by atoms with Gasteiger partial charge >= 0.3 is 11.9 Å². The highest BCUT2D eigenvalue weighted by Crippen LogP contribution is 2.66. The Morgan fingerprint density at radius 3 is 2.16 bits per heavy atom. The van der Waals surface area contributed by atoms with Gasteiger partial charge in [-0.05, 0) is 76.5 Å². The second-order valence-corrected chi connectivity index (χ2v) is 12.7. The number of ether oxygens (including phenoxy) is 1. The maximum absolute atomic E-state index is 13.1. The largest absolute Gasteiger partial charge is 0.504 e. The molecule has 3 aliphatic carbocycles. The van der Waals surface area contributed by atoms with Crippen LogP contribution in [-0.4, -0.2) is 113 Å². The molecule has 6 N–H and O–H groups in total. The predicted octanol–water partition coefficient (Wildman–Crippen LogP) is -0.0925. The van der Waals surface area contributed by atoms with E-state index in [1.807, 2.05) is 6.07 Å². The summed E-state index contributed by atoms with van der Waals surface area (Å²) in [5.74, 6) is -2.81. The minimum Gasteiger partial charge on any atom is -0.504 e. The molecule has 2 saturated carbocycles. The number of benzene rings is 1. The van der Waals surface area contributed by atoms with Crippen molar-refractivity contribution in [1.82, 2.24) is 9.80 Å². The number of phenolic OH excluding ortho intramolecular Hbond substituents is 1. The lowest BCUT2D eigenvalue weighted by Crippen LogP contribution is -2.78. The standard InChI is InChI=1S/C26H30N2O5.C4H6O6/c1-13-14(2)24(31)28(23(13)30)17-7-8-26(32)19-11-16-5-6-18(29)21-20(16)25(26,22(17)33-21)9-10-27(19)12-15-3-4-15;5-1(3(7)8)2(6)4(9)10/h5-6,15,17,19,22,29,32H,3-4,7-12H2,1-2H3;1-2,5-6H,(H,7,8)(H,9,10)/t17-,19-,22+,25+,26-;/m1./s1. The van der Waals surface area contributed by atoms with Gasteiger partial charge in [0, 0.05) is 29.3 Å². The third-order valence-corrected chi connectivity index (χ3v) is 10.5. The number of nitrogens with zero attached hydrogens (tertiary/aromatic N) is 2. The number of amides is 2. The molecule has 3 aliphatic heterocycles. The van der Waals surface area contributed by atoms with Crippen LogP contribution in [0.25, 0.3) is 0 Å². The monoisotopic (exact) mass is 600 g/mol. The molecule has 1 aromatic carbocycles. The highest BCUT2D eigenvalue weighted by molar-refractivity contribution is 6.19. The third kappa shape index (κ3) is 4.12. The van der Waals surface area contributed by atoms with E-state index in [1.165, 1.54) is 17.7 Å². The SMILES string of the molecule is CC1=C(C)C(=O)N([C@@H]2CC[C@@]3(O)[C@H]4Cc5ccc(O)c6c5[C@@]3(CCN4CC3CC3)[C@H]2O6)C1=O.O=C(O)C(O)C(O)C(=O)O. The van der Waals surface area contributed by atoms with Crippen molar-refractivity contribution in [3.05, 3.63) is 34.4 Å². The maximum Gasteiger partial charge on any atom is 0.335 e. The molecular formula is C30H36N2O11. The van der Waals surface area contributed by atoms with Crippen molar-refractivity contribution in [2.24, 2.45) is 5.92 Å². The van der Waals surface area contributed by atoms with Gasteiger partial charge in [-0.15, -0.1) is 0 Å². The van der Waals surface area contributed by atoms with E-state index in [1.54, 1.807) is 19.9 Å². The minimum atomic E-state index is -2.27. The number of likely N-dealkylation sites (tertiary alicyclic amines) is 1. The smallest absolute Gasteiger partial charge is 0.335 e. The average molecular weight is 601 g/mol. The Morgan fingerprint density at radius 2 is 1.60 bits per heavy atom. The summed E-state index contributed by atoms with van der Waals surface area (Å²) >= 11 is 0. The van der Waals surface area contributed by atoms with Crippen molar-refractivity contribution in [3.63, 3.8) is 0 Å². The van der Waals surface area contributed by atoms with Crippen LogP contribution in [0.5, 0.6) is 11.5 Å². The molecule has 3 heterocycles. The minimum absolute atomic E-state index is 0.0199. The first kappa shape index (κ1) is 29.5. The number of piperidine rings is 1. The van der Waals surface area contributed by atoms with Crippen LogP contribution in [0.15, 0.2) is 23.3 Å². The van der Waals surface area contributed by atoms with Crippen molar-refractivity contribution < 1.29 is 54.6 Å². The summed E-state index contributed by atoms with van der Waals surface area (Å²) in [7, 11) is 0. The maximum atomic E-state index is 13.1. The molecule has 3 fully saturated rings. The van der Waals surface area contributed by atoms with E-state index in [-0.39, 0.29) is 23.6 Å². The first-order valence-electron chi connectivity index (χ1n) is 14.6. The normalized spacial score (nSPS) is 33.8. The van der Waals surface area contributed by atoms with Crippen molar-refractivity contribution in [1.29, 1.82) is 0 Å². The molecule has 1 aromatic rings. The molecule has 2 unspecified atom stereocenters. The highest BCUT2D eigenvalue weighted by atomic mass is 16.5. The molecule has 13 heteroatoms. The summed E-state index contributed by atoms with van der Waals surface area (Å²) in [5, 5.41) is 55.8. The van der Waals surface area contributed by atoms with Gasteiger partial charge < -0.3 is 35.4 Å². The lowest BCUT2D eigenvalue weighted by atomic mass is 9.48. The summed E-state index contributed by atoms with van der Waals surface area (Å²) in [5.41, 5.74) is 1.26. The van der Waals surface area contributed by atoms with E-state index in [2.05, 4.69) is 4.90 Å². The van der Waals surface area contributed by atoms with Gasteiger partial charge in [-0.25, -0.2) is 9.59 Å². The van der Waals surface area contributed by atoms with Crippen LogP contribution >= 0.6 is 0 Å². The first-order chi connectivity index (χ1) is 20.2. The Morgan fingerprint density at radius 1 is 1.00 bits per heavy atom. The van der Waals surface area contributed by atoms with Crippen LogP contribution < -0.4 is 4.74 Å². The number of rotatable bonds is 6. The number of hydrogen-bond acceptors (Lipinski definition) is 10. The lowest BCUT2D eigenvalue weighted by molar-refractivity contribution is -0.201. The fourth-order valence-electron chi connectivity index (χ4n) is 8.07. The topological polar surface area (TPSA) is 205 Å². The number of carbonyl (C=O) groups excluding carboxylic acids is 2. The Kier molecular flexibility index (Phi) is 6.88. The number of carboxylic acid groups (broad SMARTS) is 2. The molecule has 6 aliphatic rings. The molecule has 7 atom stereocenters. The van der Waals surface area contributed by atoms with Crippen molar-refractivity contribution >= 4 is 23.8 Å². The van der Waals surface area contributed by atoms with E-state index < -0.39 is 47.3 Å². The molecule has 232 valence electrons. The van der Waals surface area contributed by atoms with Crippen LogP contribution in [0, 0.1) is 5.92 Å². The molecule has 0 aromatic heterocycles. The van der Waals surface area contributed by atoms with E-state index in [4.69, 9.17) is 25.2 Å². The summed E-state index contributed by atoms with van der Waals surface area (Å²) < 4.78 is 6.50. The fourth-order valence-corrected chi connectivity index (χ4v) is 8.07. The van der Waals surface area contributed by atoms with Gasteiger partial charge in [0.2, 0.25) is 0 Å². The molecule has 2 amide bonds. The van der Waals surface area contributed by atoms with Gasteiger partial charge in [-0.3, -0.25) is 19.4 Å². The fraction of sp³-hybridized carbons (Fsp3) is 0.600. The summed E-state index contributed by atoms with van der Waals surface area (Å²) in [6.45, 7) is 5.27. The van der Waals surface area contributed by atoms with Crippen molar-refractivity contribution in [2.45, 2.75) is 93.8 Å². The number of phenols is 1. The van der Waals surface area contributed by atoms with Gasteiger partial charge in [0.25, 0.3) is 11.8 Å². The number of aliphatic hydroxyl groups is 3. The van der Waals surface area contributed by atoms with E-state index in [0.717, 1.165) is 36.6 Å². The molecular weight excluding hydrogens is 564 g/mol. The lowest BCUT2D eigenvalue weighted by Gasteiger charge is -2.64. The first-order valence-corrected chi connectivity index (χ1v) is 14.6. The quantitative estimate of drug-likeness (QED) is 0.237. The second kappa shape index (κ2) is 10.0. The van der Waals surface area contributed by atoms with E-state index in [9.17, 15) is 29.4 Å². The zero-order chi connectivity index (χ0) is 31.2. The van der Waals surface area contributed by atoms with Crippen LogP contribution in [-0.2, 0) is 31.0 Å². The van der Waals surface area contributed by atoms with Crippen molar-refractivity contribution in [3.8, 4) is 11.5 Å². The Labute approximate surface area is 247 Å². The van der Waals surface area contributed by atoms with Gasteiger partial charge in [-0.2, -0.15) is 0 Å². The van der Waals surface area contributed by atoms with Gasteiger partial charge in [0.15, 0.2) is 23.7 Å². The van der Waals surface area contributed by atoms with Crippen LogP contribution in [0.2, 0.25) is 0 Å². The molecule has 2 bridgehead atoms. The zero-order valence-electron chi connectivity index (χ0n) is 23.9. The average Bonchev–Trinajstić information content (AvgIpc) is 3.68. The molecule has 43 heavy (non-hydrogen) atoms. The Bertz CT molecular complexity index is 1410. The van der Waals surface area contributed by atoms with Gasteiger partial charge in [-0.1, -0.05) is 6.07 Å². The molecule has 1 spiro atoms. The van der Waals surface area contributed by atoms with Crippen LogP contribution in [0.1, 0.15) is 57.1 Å². The molecule has 1 saturated heterocycles. The third-order valence-electron chi connectivity index (χ3n) is 10.5. The van der Waals surface area contributed by atoms with Crippen LogP contribution in [0.4, 0.5) is 0 Å². The van der Waals surface area contributed by atoms with Crippen LogP contribution in [0.3, 0.4) is 0 Å². The zero-order valence-corrected chi connectivity index (χ0v) is 23.9. The summed E-state index contributed by atoms with van der Waals surface area (Å²) in [6, 6.07) is 3.17. The van der Waals surface area contributed by atoms with Gasteiger partial charge in [0.1, 0.15) is 6.10 Å². The Balaban J connectivity index is 0.000000286. The molecule has 0 radical (unpaired) electrons. The Hall–Kier alpha value is -3.52. The number of aliphatic hydroxyl groups excluding tert-OH is 2. The predicted molar refractivity (Wildman–Crippen MR) is 146 cm³/mol. The number of aromatic hydroxyl groups is 1. The van der Waals surface area contributed by atoms with Gasteiger partial charge in [0.05, 0.1) is 17.1 Å². The van der Waals surface area contributed by atoms with E-state index in [0.29, 0.717) is 36.2 Å². The highest BCUT2D eigenvalue weighted by Gasteiger charge is 2.74. The molecule has 7 rings (SSSR count). The van der Waals surface area contributed by atoms with Crippen molar-refractivity contribution in [2.75, 3.05) is 13.1 Å². The number of imide groups is 1. The number of carbonyl (C=O) groups is 4. The van der Waals surface area contributed by atoms with E-state index >= 15 is 0 Å². The summed E-state index contributed by atoms with van der Waals surface area (Å²) in [4.78, 5) is 49.6. The number of carboxylic acids is 2. The second-order valence-electron chi connectivity index (χ2n) is 12.7. The number of hydrogen-bond donors (Lipinski definition) is 6.